The van der Waals surface area contributed by atoms with Crippen LogP contribution in [0.1, 0.15) is 52.7 Å². The van der Waals surface area contributed by atoms with Crippen LogP contribution in [0.5, 0.6) is 11.5 Å². The molecule has 0 spiro atoms. The van der Waals surface area contributed by atoms with Crippen molar-refractivity contribution >= 4 is 0 Å². The van der Waals surface area contributed by atoms with E-state index < -0.39 is 0 Å². The van der Waals surface area contributed by atoms with Gasteiger partial charge in [0.05, 0.1) is 11.4 Å². The van der Waals surface area contributed by atoms with E-state index in [-0.39, 0.29) is 31.9 Å². The van der Waals surface area contributed by atoms with Crippen molar-refractivity contribution in [2.24, 2.45) is 0 Å². The summed E-state index contributed by atoms with van der Waals surface area (Å²) in [6.07, 6.45) is 3.79. The summed E-state index contributed by atoms with van der Waals surface area (Å²) in [5.74, 6) is 1.25. The van der Waals surface area contributed by atoms with E-state index in [1.54, 1.807) is 0 Å². The Morgan fingerprint density at radius 3 is 1.26 bits per heavy atom. The van der Waals surface area contributed by atoms with Gasteiger partial charge in [0.15, 0.2) is 0 Å². The third-order valence-corrected chi connectivity index (χ3v) is 7.99. The molecule has 0 radical (unpaired) electrons. The molecule has 0 aliphatic heterocycles. The summed E-state index contributed by atoms with van der Waals surface area (Å²) < 4.78 is 6.38. The summed E-state index contributed by atoms with van der Waals surface area (Å²) in [5.41, 5.74) is 10.6. The average Bonchev–Trinajstić information content (AvgIpc) is 3.04. The van der Waals surface area contributed by atoms with E-state index in [9.17, 15) is 0 Å². The van der Waals surface area contributed by atoms with Gasteiger partial charge in [0.2, 0.25) is 0 Å². The third-order valence-electron chi connectivity index (χ3n) is 7.99. The number of aromatic nitrogens is 2. The van der Waals surface area contributed by atoms with Crippen molar-refractivity contribution in [3.05, 3.63) is 145 Å². The van der Waals surface area contributed by atoms with E-state index in [0.29, 0.717) is 11.5 Å². The number of benzene rings is 4. The molecule has 0 saturated heterocycles. The normalized spacial score (nSPS) is 11.5. The average molecular weight is 782 g/mol. The Kier molecular flexibility index (Phi) is 9.75. The molecule has 0 amide bonds. The van der Waals surface area contributed by atoms with Crippen molar-refractivity contribution in [2.45, 2.75) is 52.4 Å². The van der Waals surface area contributed by atoms with Crippen LogP contribution in [0.15, 0.2) is 122 Å². The molecule has 232 valence electrons. The molecular weight excluding hydrogens is 744 g/mol. The van der Waals surface area contributed by atoms with Crippen molar-refractivity contribution in [2.75, 3.05) is 0 Å². The minimum absolute atomic E-state index is 0. The van der Waals surface area contributed by atoms with Crippen LogP contribution in [0, 0.1) is 12.1 Å². The first kappa shape index (κ1) is 33.0. The van der Waals surface area contributed by atoms with E-state index in [1.807, 2.05) is 36.7 Å². The summed E-state index contributed by atoms with van der Waals surface area (Å²) in [6.45, 7) is 13.3. The quantitative estimate of drug-likeness (QED) is 0.158. The van der Waals surface area contributed by atoms with Crippen molar-refractivity contribution in [1.29, 1.82) is 0 Å². The van der Waals surface area contributed by atoms with Crippen LogP contribution < -0.4 is 4.74 Å². The Balaban J connectivity index is 0.00000417. The van der Waals surface area contributed by atoms with Gasteiger partial charge in [0.25, 0.3) is 0 Å². The molecule has 4 heteroatoms. The largest absolute Gasteiger partial charge is 2.00 e. The zero-order chi connectivity index (χ0) is 31.6. The second kappa shape index (κ2) is 13.6. The smallest absolute Gasteiger partial charge is 0.497 e. The van der Waals surface area contributed by atoms with Gasteiger partial charge in [0, 0.05) is 23.9 Å². The Hall–Kier alpha value is -4.33. The maximum absolute atomic E-state index is 6.38. The predicted octanol–water partition coefficient (Wildman–Crippen LogP) is 11.1. The van der Waals surface area contributed by atoms with E-state index >= 15 is 0 Å². The second-order valence-electron chi connectivity index (χ2n) is 13.4. The van der Waals surface area contributed by atoms with Crippen LogP contribution in [-0.2, 0) is 31.9 Å². The summed E-state index contributed by atoms with van der Waals surface area (Å²) in [4.78, 5) is 9.46. The molecule has 0 saturated carbocycles. The Morgan fingerprint density at radius 1 is 0.478 bits per heavy atom. The van der Waals surface area contributed by atoms with Crippen LogP contribution in [0.4, 0.5) is 0 Å². The number of ether oxygens (including phenoxy) is 1. The SMILES string of the molecule is CC(C)(C)c1ccnc(-c2ccccc2-c2[c-]c(Oc3[c-]c(-c4ccccc4-c4cc(C(C)(C)C)ccn4)ccc3)ccc2)c1.[Pt+2]. The van der Waals surface area contributed by atoms with Crippen molar-refractivity contribution in [1.82, 2.24) is 9.97 Å². The molecule has 0 aliphatic carbocycles. The molecule has 4 aromatic carbocycles. The molecule has 0 bridgehead atoms. The van der Waals surface area contributed by atoms with Gasteiger partial charge in [-0.15, -0.1) is 47.5 Å². The van der Waals surface area contributed by atoms with Gasteiger partial charge < -0.3 is 4.74 Å². The van der Waals surface area contributed by atoms with Crippen LogP contribution in [0.3, 0.4) is 0 Å². The molecule has 0 aliphatic rings. The summed E-state index contributed by atoms with van der Waals surface area (Å²) >= 11 is 0. The van der Waals surface area contributed by atoms with Gasteiger partial charge in [-0.1, -0.05) is 113 Å². The first-order valence-corrected chi connectivity index (χ1v) is 15.4. The fourth-order valence-corrected chi connectivity index (χ4v) is 5.42. The predicted molar refractivity (Wildman–Crippen MR) is 185 cm³/mol. The van der Waals surface area contributed by atoms with Crippen molar-refractivity contribution < 1.29 is 25.8 Å². The van der Waals surface area contributed by atoms with E-state index in [2.05, 4.69) is 139 Å². The zero-order valence-electron chi connectivity index (χ0n) is 27.2. The summed E-state index contributed by atoms with van der Waals surface area (Å²) in [7, 11) is 0. The van der Waals surface area contributed by atoms with E-state index in [0.717, 1.165) is 44.8 Å². The van der Waals surface area contributed by atoms with Gasteiger partial charge in [-0.2, -0.15) is 0 Å². The number of nitrogens with zero attached hydrogens (tertiary/aromatic N) is 2. The standard InChI is InChI=1S/C42H38N2O.Pt/c1-41(2,3)31-21-23-43-39(27-31)37-19-9-7-17-35(37)29-13-11-15-33(25-29)45-34-16-12-14-30(26-34)36-18-8-10-20-38(36)40-28-32(22-24-44-40)42(4,5)6;/h7-24,27-28H,1-6H3;/q-2;+2. The maximum Gasteiger partial charge on any atom is 2.00 e. The molecule has 3 nitrogen and oxygen atoms in total. The van der Waals surface area contributed by atoms with E-state index in [4.69, 9.17) is 14.7 Å². The number of hydrogen-bond donors (Lipinski definition) is 0. The zero-order valence-corrected chi connectivity index (χ0v) is 29.4. The van der Waals surface area contributed by atoms with Crippen LogP contribution >= 0.6 is 0 Å². The molecule has 0 N–H and O–H groups in total. The Labute approximate surface area is 288 Å². The number of pyridine rings is 2. The van der Waals surface area contributed by atoms with Crippen LogP contribution in [-0.4, -0.2) is 9.97 Å². The van der Waals surface area contributed by atoms with Crippen molar-refractivity contribution in [3.8, 4) is 56.3 Å². The fourth-order valence-electron chi connectivity index (χ4n) is 5.42. The van der Waals surface area contributed by atoms with Crippen LogP contribution in [0.25, 0.3) is 44.8 Å². The van der Waals surface area contributed by atoms with Crippen LogP contribution in [0.2, 0.25) is 0 Å². The molecule has 46 heavy (non-hydrogen) atoms. The molecule has 0 unspecified atom stereocenters. The minimum atomic E-state index is 0. The van der Waals surface area contributed by atoms with Gasteiger partial charge in [-0.05, 0) is 57.3 Å². The monoisotopic (exact) mass is 781 g/mol. The minimum Gasteiger partial charge on any atom is -0.497 e. The molecule has 0 fully saturated rings. The molecule has 6 rings (SSSR count). The Bertz CT molecular complexity index is 1820. The molecular formula is C42H38N2OPt. The van der Waals surface area contributed by atoms with Gasteiger partial charge in [-0.3, -0.25) is 9.97 Å². The van der Waals surface area contributed by atoms with Crippen molar-refractivity contribution in [3.63, 3.8) is 0 Å². The van der Waals surface area contributed by atoms with Gasteiger partial charge in [-0.25, -0.2) is 0 Å². The first-order valence-electron chi connectivity index (χ1n) is 15.4. The first-order chi connectivity index (χ1) is 21.6. The Morgan fingerprint density at radius 2 is 0.870 bits per heavy atom. The summed E-state index contributed by atoms with van der Waals surface area (Å²) in [6, 6.07) is 44.2. The molecule has 2 aromatic heterocycles. The topological polar surface area (TPSA) is 35.0 Å². The maximum atomic E-state index is 6.38. The number of hydrogen-bond acceptors (Lipinski definition) is 3. The summed E-state index contributed by atoms with van der Waals surface area (Å²) in [5, 5.41) is 0. The fraction of sp³-hybridized carbons (Fsp3) is 0.190. The third kappa shape index (κ3) is 7.38. The molecule has 2 heterocycles. The van der Waals surface area contributed by atoms with Gasteiger partial charge >= 0.3 is 21.1 Å². The molecule has 6 aromatic rings. The van der Waals surface area contributed by atoms with E-state index in [1.165, 1.54) is 11.1 Å². The second-order valence-corrected chi connectivity index (χ2v) is 13.4. The van der Waals surface area contributed by atoms with Gasteiger partial charge in [0.1, 0.15) is 0 Å². The molecule has 0 atom stereocenters. The number of rotatable bonds is 6.